The van der Waals surface area contributed by atoms with Crippen LogP contribution in [-0.4, -0.2) is 30.8 Å². The summed E-state index contributed by atoms with van der Waals surface area (Å²) in [6.07, 6.45) is 4.98. The highest BCUT2D eigenvalue weighted by atomic mass is 15.3. The molecule has 2 aromatic heterocycles. The van der Waals surface area contributed by atoms with Crippen molar-refractivity contribution >= 4 is 0 Å². The van der Waals surface area contributed by atoms with Gasteiger partial charge in [-0.05, 0) is 0 Å². The predicted octanol–water partition coefficient (Wildman–Crippen LogP) is 1.68. The van der Waals surface area contributed by atoms with Gasteiger partial charge < -0.3 is 5.32 Å². The van der Waals surface area contributed by atoms with Crippen LogP contribution in [0.4, 0.5) is 0 Å². The van der Waals surface area contributed by atoms with Gasteiger partial charge in [-0.2, -0.15) is 5.10 Å². The first kappa shape index (κ1) is 13.6. The molecule has 0 aromatic carbocycles. The van der Waals surface area contributed by atoms with E-state index in [1.54, 1.807) is 11.0 Å². The van der Waals surface area contributed by atoms with Gasteiger partial charge in [0.1, 0.15) is 24.2 Å². The van der Waals surface area contributed by atoms with Crippen LogP contribution in [0.1, 0.15) is 45.1 Å². The van der Waals surface area contributed by atoms with Crippen LogP contribution < -0.4 is 5.32 Å². The highest BCUT2D eigenvalue weighted by molar-refractivity contribution is 5.33. The third-order valence-corrected chi connectivity index (χ3v) is 2.72. The molecule has 0 aliphatic rings. The van der Waals surface area contributed by atoms with Crippen LogP contribution in [-0.2, 0) is 6.54 Å². The van der Waals surface area contributed by atoms with Crippen LogP contribution in [0.15, 0.2) is 18.9 Å². The molecule has 19 heavy (non-hydrogen) atoms. The Balaban J connectivity index is 2.36. The van der Waals surface area contributed by atoms with Crippen LogP contribution in [0.25, 0.3) is 5.69 Å². The Hall–Kier alpha value is -1.82. The van der Waals surface area contributed by atoms with Gasteiger partial charge in [-0.25, -0.2) is 19.6 Å². The van der Waals surface area contributed by atoms with Crippen molar-refractivity contribution in [2.75, 3.05) is 0 Å². The Morgan fingerprint density at radius 2 is 2.05 bits per heavy atom. The molecule has 0 saturated heterocycles. The molecule has 0 radical (unpaired) electrons. The van der Waals surface area contributed by atoms with E-state index in [2.05, 4.69) is 53.1 Å². The molecule has 0 bridgehead atoms. The molecule has 1 N–H and O–H groups in total. The third-order valence-electron chi connectivity index (χ3n) is 2.72. The van der Waals surface area contributed by atoms with Crippen LogP contribution in [0, 0.1) is 0 Å². The van der Waals surface area contributed by atoms with Crippen molar-refractivity contribution in [2.24, 2.45) is 0 Å². The lowest BCUT2D eigenvalue weighted by Gasteiger charge is -2.13. The highest BCUT2D eigenvalue weighted by Gasteiger charge is 2.12. The number of hydrogen-bond donors (Lipinski definition) is 1. The largest absolute Gasteiger partial charge is 0.309 e. The van der Waals surface area contributed by atoms with E-state index >= 15 is 0 Å². The topological polar surface area (TPSA) is 68.5 Å². The van der Waals surface area contributed by atoms with Crippen LogP contribution in [0.5, 0.6) is 0 Å². The van der Waals surface area contributed by atoms with Crippen molar-refractivity contribution in [3.05, 3.63) is 30.4 Å². The highest BCUT2D eigenvalue weighted by Crippen LogP contribution is 2.14. The summed E-state index contributed by atoms with van der Waals surface area (Å²) >= 11 is 0. The van der Waals surface area contributed by atoms with E-state index < -0.39 is 0 Å². The van der Waals surface area contributed by atoms with E-state index in [-0.39, 0.29) is 0 Å². The van der Waals surface area contributed by atoms with Gasteiger partial charge in [-0.1, -0.05) is 27.7 Å². The van der Waals surface area contributed by atoms with Crippen LogP contribution in [0.3, 0.4) is 0 Å². The van der Waals surface area contributed by atoms with Gasteiger partial charge in [0.15, 0.2) is 0 Å². The van der Waals surface area contributed by atoms with Gasteiger partial charge in [-0.15, -0.1) is 0 Å². The zero-order valence-electron chi connectivity index (χ0n) is 11.8. The Kier molecular flexibility index (Phi) is 4.21. The average Bonchev–Trinajstić information content (AvgIpc) is 2.89. The smallest absolute Gasteiger partial charge is 0.138 e. The maximum Gasteiger partial charge on any atom is 0.138 e. The van der Waals surface area contributed by atoms with Gasteiger partial charge in [0.05, 0.1) is 11.9 Å². The Morgan fingerprint density at radius 1 is 1.26 bits per heavy atom. The second-order valence-corrected chi connectivity index (χ2v) is 5.09. The molecule has 2 heterocycles. The van der Waals surface area contributed by atoms with Gasteiger partial charge in [0.2, 0.25) is 0 Å². The zero-order chi connectivity index (χ0) is 13.8. The first-order valence-corrected chi connectivity index (χ1v) is 6.52. The van der Waals surface area contributed by atoms with Crippen molar-refractivity contribution in [3.63, 3.8) is 0 Å². The number of nitrogens with zero attached hydrogens (tertiary/aromatic N) is 5. The van der Waals surface area contributed by atoms with Gasteiger partial charge in [0.25, 0.3) is 0 Å². The summed E-state index contributed by atoms with van der Waals surface area (Å²) in [4.78, 5) is 13.0. The molecule has 2 rings (SSSR count). The molecule has 0 aliphatic heterocycles. The number of nitrogens with one attached hydrogen (secondary N) is 1. The molecule has 0 aliphatic carbocycles. The van der Waals surface area contributed by atoms with E-state index in [0.29, 0.717) is 18.5 Å². The standard InChI is InChI=1S/C13H20N6/c1-9(2)13-16-6-12(19-8-14-7-17-19)11(18-13)5-15-10(3)4/h6-10,15H,5H2,1-4H3. The zero-order valence-corrected chi connectivity index (χ0v) is 11.8. The fourth-order valence-electron chi connectivity index (χ4n) is 1.66. The van der Waals surface area contributed by atoms with Gasteiger partial charge >= 0.3 is 0 Å². The van der Waals surface area contributed by atoms with Crippen molar-refractivity contribution in [1.29, 1.82) is 0 Å². The molecular formula is C13H20N6. The minimum atomic E-state index is 0.308. The lowest BCUT2D eigenvalue weighted by atomic mass is 10.2. The van der Waals surface area contributed by atoms with E-state index in [1.807, 2.05) is 6.20 Å². The van der Waals surface area contributed by atoms with Crippen molar-refractivity contribution in [2.45, 2.75) is 46.2 Å². The molecular weight excluding hydrogens is 240 g/mol. The van der Waals surface area contributed by atoms with Crippen molar-refractivity contribution in [1.82, 2.24) is 30.0 Å². The first-order chi connectivity index (χ1) is 9.08. The van der Waals surface area contributed by atoms with Gasteiger partial charge in [0, 0.05) is 18.5 Å². The van der Waals surface area contributed by atoms with E-state index in [1.165, 1.54) is 6.33 Å². The van der Waals surface area contributed by atoms with Crippen LogP contribution >= 0.6 is 0 Å². The molecule has 6 nitrogen and oxygen atoms in total. The lowest BCUT2D eigenvalue weighted by Crippen LogP contribution is -2.24. The predicted molar refractivity (Wildman–Crippen MR) is 73.0 cm³/mol. The van der Waals surface area contributed by atoms with Crippen molar-refractivity contribution < 1.29 is 0 Å². The summed E-state index contributed by atoms with van der Waals surface area (Å²) in [5, 5.41) is 7.53. The summed E-state index contributed by atoms with van der Waals surface area (Å²) in [7, 11) is 0. The molecule has 0 saturated carbocycles. The van der Waals surface area contributed by atoms with Gasteiger partial charge in [-0.3, -0.25) is 0 Å². The minimum Gasteiger partial charge on any atom is -0.309 e. The molecule has 0 atom stereocenters. The number of rotatable bonds is 5. The van der Waals surface area contributed by atoms with E-state index in [4.69, 9.17) is 0 Å². The molecule has 0 spiro atoms. The normalized spacial score (nSPS) is 11.5. The van der Waals surface area contributed by atoms with Crippen LogP contribution in [0.2, 0.25) is 0 Å². The minimum absolute atomic E-state index is 0.308. The fraction of sp³-hybridized carbons (Fsp3) is 0.538. The lowest BCUT2D eigenvalue weighted by molar-refractivity contribution is 0.573. The average molecular weight is 260 g/mol. The molecule has 0 fully saturated rings. The molecule has 0 unspecified atom stereocenters. The summed E-state index contributed by atoms with van der Waals surface area (Å²) in [5.41, 5.74) is 1.81. The summed E-state index contributed by atoms with van der Waals surface area (Å²) < 4.78 is 1.70. The quantitative estimate of drug-likeness (QED) is 0.885. The molecule has 2 aromatic rings. The monoisotopic (exact) mass is 260 g/mol. The molecule has 0 amide bonds. The molecule has 6 heteroatoms. The Bertz CT molecular complexity index is 518. The Labute approximate surface area is 113 Å². The third kappa shape index (κ3) is 3.35. The van der Waals surface area contributed by atoms with E-state index in [9.17, 15) is 0 Å². The summed E-state index contributed by atoms with van der Waals surface area (Å²) in [6, 6.07) is 0.404. The second-order valence-electron chi connectivity index (χ2n) is 5.09. The molecule has 102 valence electrons. The summed E-state index contributed by atoms with van der Waals surface area (Å²) in [5.74, 6) is 1.16. The number of aromatic nitrogens is 5. The fourth-order valence-corrected chi connectivity index (χ4v) is 1.66. The first-order valence-electron chi connectivity index (χ1n) is 6.52. The van der Waals surface area contributed by atoms with Crippen molar-refractivity contribution in [3.8, 4) is 5.69 Å². The maximum atomic E-state index is 4.64. The second kappa shape index (κ2) is 5.88. The summed E-state index contributed by atoms with van der Waals surface area (Å²) in [6.45, 7) is 9.09. The SMILES string of the molecule is CC(C)NCc1nc(C(C)C)ncc1-n1cncn1. The van der Waals surface area contributed by atoms with E-state index in [0.717, 1.165) is 17.2 Å². The maximum absolute atomic E-state index is 4.64. The Morgan fingerprint density at radius 3 is 2.63 bits per heavy atom. The number of hydrogen-bond acceptors (Lipinski definition) is 5.